The zero-order valence-corrected chi connectivity index (χ0v) is 11.0. The predicted octanol–water partition coefficient (Wildman–Crippen LogP) is 1.90. The maximum absolute atomic E-state index is 5.47. The highest BCUT2D eigenvalue weighted by Gasteiger charge is 1.96. The maximum atomic E-state index is 5.47. The van der Waals surface area contributed by atoms with Crippen LogP contribution in [0.25, 0.3) is 0 Å². The zero-order chi connectivity index (χ0) is 12.1. The van der Waals surface area contributed by atoms with Crippen molar-refractivity contribution in [1.29, 1.82) is 0 Å². The Bertz CT molecular complexity index is 147. The van der Waals surface area contributed by atoms with E-state index in [1.807, 2.05) is 6.08 Å². The van der Waals surface area contributed by atoms with Gasteiger partial charge in [0, 0.05) is 26.2 Å². The van der Waals surface area contributed by atoms with Crippen molar-refractivity contribution in [2.24, 2.45) is 0 Å². The predicted molar refractivity (Wildman–Crippen MR) is 70.9 cm³/mol. The van der Waals surface area contributed by atoms with Crippen molar-refractivity contribution >= 4 is 0 Å². The van der Waals surface area contributed by atoms with Gasteiger partial charge in [0.15, 0.2) is 0 Å². The minimum Gasteiger partial charge on any atom is -0.380 e. The Kier molecular flexibility index (Phi) is 12.4. The van der Waals surface area contributed by atoms with Gasteiger partial charge in [-0.25, -0.2) is 0 Å². The zero-order valence-electron chi connectivity index (χ0n) is 11.0. The molecule has 0 heterocycles. The van der Waals surface area contributed by atoms with Crippen LogP contribution in [0.15, 0.2) is 12.7 Å². The first kappa shape index (κ1) is 15.6. The average Bonchev–Trinajstić information content (AvgIpc) is 2.32. The fraction of sp³-hybridized carbons (Fsp3) is 0.846. The molecular weight excluding hydrogens is 200 g/mol. The molecule has 0 spiro atoms. The minimum atomic E-state index is 0.815. The van der Waals surface area contributed by atoms with Crippen molar-refractivity contribution in [3.8, 4) is 0 Å². The Labute approximate surface area is 101 Å². The van der Waals surface area contributed by atoms with Gasteiger partial charge in [0.1, 0.15) is 0 Å². The highest BCUT2D eigenvalue weighted by molar-refractivity contribution is 4.65. The SMILES string of the molecule is C=CCCCOCCNCCN(CC)CC. The van der Waals surface area contributed by atoms with Crippen LogP contribution in [0.4, 0.5) is 0 Å². The smallest absolute Gasteiger partial charge is 0.0590 e. The van der Waals surface area contributed by atoms with Gasteiger partial charge in [-0.2, -0.15) is 0 Å². The Hall–Kier alpha value is -0.380. The van der Waals surface area contributed by atoms with Gasteiger partial charge in [0.05, 0.1) is 6.61 Å². The van der Waals surface area contributed by atoms with Crippen molar-refractivity contribution in [3.63, 3.8) is 0 Å². The van der Waals surface area contributed by atoms with Gasteiger partial charge in [-0.05, 0) is 25.9 Å². The van der Waals surface area contributed by atoms with Crippen LogP contribution in [0.1, 0.15) is 26.7 Å². The summed E-state index contributed by atoms with van der Waals surface area (Å²) in [5, 5.41) is 3.39. The number of hydrogen-bond acceptors (Lipinski definition) is 3. The molecule has 0 radical (unpaired) electrons. The van der Waals surface area contributed by atoms with Gasteiger partial charge in [-0.3, -0.25) is 0 Å². The molecule has 0 aliphatic carbocycles. The van der Waals surface area contributed by atoms with Crippen LogP contribution in [-0.2, 0) is 4.74 Å². The quantitative estimate of drug-likeness (QED) is 0.408. The molecule has 1 N–H and O–H groups in total. The number of unbranched alkanes of at least 4 members (excludes halogenated alkanes) is 1. The summed E-state index contributed by atoms with van der Waals surface area (Å²) in [6.07, 6.45) is 4.07. The van der Waals surface area contributed by atoms with E-state index in [2.05, 4.69) is 30.6 Å². The number of allylic oxidation sites excluding steroid dienone is 1. The summed E-state index contributed by atoms with van der Waals surface area (Å²) in [7, 11) is 0. The van der Waals surface area contributed by atoms with Crippen LogP contribution in [-0.4, -0.2) is 50.8 Å². The molecule has 0 amide bonds. The summed E-state index contributed by atoms with van der Waals surface area (Å²) in [5.41, 5.74) is 0. The Balaban J connectivity index is 3.06. The first-order valence-corrected chi connectivity index (χ1v) is 6.46. The van der Waals surface area contributed by atoms with Gasteiger partial charge >= 0.3 is 0 Å². The molecule has 0 atom stereocenters. The number of nitrogens with zero attached hydrogens (tertiary/aromatic N) is 1. The lowest BCUT2D eigenvalue weighted by atomic mass is 10.3. The van der Waals surface area contributed by atoms with E-state index in [4.69, 9.17) is 4.74 Å². The second-order valence-corrected chi connectivity index (χ2v) is 3.82. The second-order valence-electron chi connectivity index (χ2n) is 3.82. The molecule has 0 unspecified atom stereocenters. The lowest BCUT2D eigenvalue weighted by molar-refractivity contribution is 0.133. The molecule has 0 aromatic rings. The van der Waals surface area contributed by atoms with Gasteiger partial charge < -0.3 is 15.0 Å². The normalized spacial score (nSPS) is 10.9. The molecule has 0 aromatic heterocycles. The van der Waals surface area contributed by atoms with Crippen molar-refractivity contribution in [2.75, 3.05) is 45.9 Å². The Morgan fingerprint density at radius 2 is 1.94 bits per heavy atom. The molecule has 0 rings (SSSR count). The number of hydrogen-bond donors (Lipinski definition) is 1. The summed E-state index contributed by atoms with van der Waals surface area (Å²) >= 11 is 0. The summed E-state index contributed by atoms with van der Waals surface area (Å²) in [6.45, 7) is 15.2. The van der Waals surface area contributed by atoms with E-state index < -0.39 is 0 Å². The lowest BCUT2D eigenvalue weighted by Crippen LogP contribution is -2.33. The van der Waals surface area contributed by atoms with Gasteiger partial charge in [0.25, 0.3) is 0 Å². The maximum Gasteiger partial charge on any atom is 0.0590 e. The van der Waals surface area contributed by atoms with E-state index in [0.29, 0.717) is 0 Å². The van der Waals surface area contributed by atoms with Crippen molar-refractivity contribution in [1.82, 2.24) is 10.2 Å². The summed E-state index contributed by atoms with van der Waals surface area (Å²) in [5.74, 6) is 0. The summed E-state index contributed by atoms with van der Waals surface area (Å²) < 4.78 is 5.47. The average molecular weight is 228 g/mol. The van der Waals surface area contributed by atoms with Crippen molar-refractivity contribution in [3.05, 3.63) is 12.7 Å². The first-order valence-electron chi connectivity index (χ1n) is 6.46. The summed E-state index contributed by atoms with van der Waals surface area (Å²) in [6, 6.07) is 0. The Morgan fingerprint density at radius 1 is 1.19 bits per heavy atom. The molecule has 0 saturated carbocycles. The molecule has 0 aromatic carbocycles. The molecule has 0 fully saturated rings. The van der Waals surface area contributed by atoms with Gasteiger partial charge in [-0.15, -0.1) is 6.58 Å². The fourth-order valence-corrected chi connectivity index (χ4v) is 1.48. The summed E-state index contributed by atoms with van der Waals surface area (Å²) in [4.78, 5) is 2.41. The second kappa shape index (κ2) is 12.7. The van der Waals surface area contributed by atoms with E-state index in [1.54, 1.807) is 0 Å². The van der Waals surface area contributed by atoms with Crippen LogP contribution >= 0.6 is 0 Å². The van der Waals surface area contributed by atoms with E-state index in [1.165, 1.54) is 0 Å². The molecule has 0 aliphatic rings. The Morgan fingerprint density at radius 3 is 2.56 bits per heavy atom. The molecule has 0 aliphatic heterocycles. The third-order valence-corrected chi connectivity index (χ3v) is 2.62. The van der Waals surface area contributed by atoms with Crippen LogP contribution < -0.4 is 5.32 Å². The third kappa shape index (κ3) is 10.1. The monoisotopic (exact) mass is 228 g/mol. The number of ether oxygens (including phenoxy) is 1. The molecule has 16 heavy (non-hydrogen) atoms. The standard InChI is InChI=1S/C13H28N2O/c1-4-7-8-12-16-13-10-14-9-11-15(5-2)6-3/h4,14H,1,5-13H2,2-3H3. The molecule has 96 valence electrons. The van der Waals surface area contributed by atoms with Crippen LogP contribution in [0.5, 0.6) is 0 Å². The number of rotatable bonds is 12. The molecular formula is C13H28N2O. The van der Waals surface area contributed by atoms with Crippen molar-refractivity contribution < 1.29 is 4.74 Å². The third-order valence-electron chi connectivity index (χ3n) is 2.62. The van der Waals surface area contributed by atoms with E-state index >= 15 is 0 Å². The van der Waals surface area contributed by atoms with Gasteiger partial charge in [-0.1, -0.05) is 19.9 Å². The van der Waals surface area contributed by atoms with Crippen LogP contribution in [0.3, 0.4) is 0 Å². The van der Waals surface area contributed by atoms with Crippen LogP contribution in [0, 0.1) is 0 Å². The first-order chi connectivity index (χ1) is 7.85. The van der Waals surface area contributed by atoms with Crippen molar-refractivity contribution in [2.45, 2.75) is 26.7 Å². The highest BCUT2D eigenvalue weighted by Crippen LogP contribution is 1.89. The molecule has 3 nitrogen and oxygen atoms in total. The topological polar surface area (TPSA) is 24.5 Å². The van der Waals surface area contributed by atoms with E-state index in [0.717, 1.165) is 58.8 Å². The number of nitrogens with one attached hydrogen (secondary N) is 1. The van der Waals surface area contributed by atoms with Gasteiger partial charge in [0.2, 0.25) is 0 Å². The molecule has 3 heteroatoms. The fourth-order valence-electron chi connectivity index (χ4n) is 1.48. The lowest BCUT2D eigenvalue weighted by Gasteiger charge is -2.17. The largest absolute Gasteiger partial charge is 0.380 e. The van der Waals surface area contributed by atoms with Crippen LogP contribution in [0.2, 0.25) is 0 Å². The highest BCUT2D eigenvalue weighted by atomic mass is 16.5. The van der Waals surface area contributed by atoms with E-state index in [9.17, 15) is 0 Å². The molecule has 0 bridgehead atoms. The van der Waals surface area contributed by atoms with E-state index in [-0.39, 0.29) is 0 Å². The minimum absolute atomic E-state index is 0.815. The number of likely N-dealkylation sites (N-methyl/N-ethyl adjacent to an activating group) is 1. The molecule has 0 saturated heterocycles.